The van der Waals surface area contributed by atoms with E-state index in [0.29, 0.717) is 0 Å². The number of amides is 1. The summed E-state index contributed by atoms with van der Waals surface area (Å²) in [5.74, 6) is -2.45. The number of anilines is 1. The third kappa shape index (κ3) is 4.77. The Bertz CT molecular complexity index is 795. The van der Waals surface area contributed by atoms with Crippen LogP contribution in [-0.2, 0) is 9.53 Å². The van der Waals surface area contributed by atoms with Crippen LogP contribution < -0.4 is 5.32 Å². The number of aromatic carboxylic acids is 1. The number of ether oxygens (including phenoxy) is 1. The van der Waals surface area contributed by atoms with Gasteiger partial charge in [-0.25, -0.2) is 9.59 Å². The molecule has 1 aromatic heterocycles. The van der Waals surface area contributed by atoms with Crippen molar-refractivity contribution in [2.75, 3.05) is 5.32 Å². The fraction of sp³-hybridized carbons (Fsp3) is 0.176. The van der Waals surface area contributed by atoms with E-state index in [9.17, 15) is 14.4 Å². The van der Waals surface area contributed by atoms with E-state index >= 15 is 0 Å². The summed E-state index contributed by atoms with van der Waals surface area (Å²) in [7, 11) is 0. The van der Waals surface area contributed by atoms with Crippen molar-refractivity contribution < 1.29 is 24.2 Å². The summed E-state index contributed by atoms with van der Waals surface area (Å²) in [6.07, 6.45) is 2.07. The molecule has 0 fully saturated rings. The number of rotatable bonds is 6. The number of halogens is 1. The smallest absolute Gasteiger partial charge is 0.340 e. The van der Waals surface area contributed by atoms with Gasteiger partial charge in [0, 0.05) is 18.1 Å². The lowest BCUT2D eigenvalue weighted by molar-refractivity contribution is -0.124. The number of carboxylic acids is 1. The van der Waals surface area contributed by atoms with Gasteiger partial charge in [-0.05, 0) is 36.8 Å². The molecular formula is C17H15ClN2O5. The molecule has 0 saturated heterocycles. The maximum absolute atomic E-state index is 12.3. The Balaban J connectivity index is 2.09. The molecule has 0 saturated carbocycles. The summed E-state index contributed by atoms with van der Waals surface area (Å²) in [6.45, 7) is 1.69. The zero-order chi connectivity index (χ0) is 18.4. The van der Waals surface area contributed by atoms with Crippen LogP contribution in [0, 0.1) is 0 Å². The minimum atomic E-state index is -1.21. The van der Waals surface area contributed by atoms with Crippen LogP contribution in [0.5, 0.6) is 0 Å². The molecule has 25 heavy (non-hydrogen) atoms. The molecule has 1 heterocycles. The third-order valence-corrected chi connectivity index (χ3v) is 3.60. The Kier molecular flexibility index (Phi) is 6.08. The van der Waals surface area contributed by atoms with Crippen molar-refractivity contribution in [3.8, 4) is 0 Å². The molecule has 1 atom stereocenters. The van der Waals surface area contributed by atoms with Gasteiger partial charge in [0.2, 0.25) is 0 Å². The summed E-state index contributed by atoms with van der Waals surface area (Å²) in [4.78, 5) is 39.2. The molecule has 7 nitrogen and oxygen atoms in total. The van der Waals surface area contributed by atoms with E-state index in [-0.39, 0.29) is 28.3 Å². The summed E-state index contributed by atoms with van der Waals surface area (Å²) >= 11 is 5.79. The fourth-order valence-corrected chi connectivity index (χ4v) is 2.19. The van der Waals surface area contributed by atoms with E-state index in [2.05, 4.69) is 10.3 Å². The van der Waals surface area contributed by atoms with Crippen molar-refractivity contribution in [1.82, 2.24) is 4.98 Å². The number of hydrogen-bond acceptors (Lipinski definition) is 5. The van der Waals surface area contributed by atoms with Gasteiger partial charge in [-0.15, -0.1) is 0 Å². The van der Waals surface area contributed by atoms with Crippen molar-refractivity contribution in [2.24, 2.45) is 0 Å². The first kappa shape index (κ1) is 18.4. The molecular weight excluding hydrogens is 348 g/mol. The van der Waals surface area contributed by atoms with Gasteiger partial charge in [0.15, 0.2) is 6.10 Å². The molecule has 0 aliphatic carbocycles. The van der Waals surface area contributed by atoms with Crippen LogP contribution in [0.25, 0.3) is 0 Å². The zero-order valence-corrected chi connectivity index (χ0v) is 14.0. The number of pyridine rings is 1. The van der Waals surface area contributed by atoms with E-state index in [4.69, 9.17) is 21.4 Å². The Morgan fingerprint density at radius 1 is 1.32 bits per heavy atom. The van der Waals surface area contributed by atoms with Gasteiger partial charge in [-0.3, -0.25) is 9.78 Å². The second kappa shape index (κ2) is 8.25. The van der Waals surface area contributed by atoms with Crippen LogP contribution in [0.15, 0.2) is 42.7 Å². The molecule has 1 amide bonds. The maximum atomic E-state index is 12.3. The van der Waals surface area contributed by atoms with Gasteiger partial charge < -0.3 is 15.2 Å². The molecule has 0 spiro atoms. The Labute approximate surface area is 148 Å². The number of hydrogen-bond donors (Lipinski definition) is 2. The van der Waals surface area contributed by atoms with E-state index in [1.54, 1.807) is 13.0 Å². The summed E-state index contributed by atoms with van der Waals surface area (Å²) < 4.78 is 5.19. The summed E-state index contributed by atoms with van der Waals surface area (Å²) in [6, 6.07) is 7.17. The summed E-state index contributed by atoms with van der Waals surface area (Å²) in [5.41, 5.74) is 0.330. The highest BCUT2D eigenvalue weighted by Gasteiger charge is 2.22. The maximum Gasteiger partial charge on any atom is 0.340 e. The van der Waals surface area contributed by atoms with Crippen molar-refractivity contribution in [1.29, 1.82) is 0 Å². The van der Waals surface area contributed by atoms with Crippen LogP contribution in [0.4, 0.5) is 5.69 Å². The molecule has 0 aliphatic rings. The molecule has 130 valence electrons. The van der Waals surface area contributed by atoms with Gasteiger partial charge in [0.1, 0.15) is 0 Å². The largest absolute Gasteiger partial charge is 0.478 e. The van der Waals surface area contributed by atoms with Crippen LogP contribution in [0.3, 0.4) is 0 Å². The van der Waals surface area contributed by atoms with Gasteiger partial charge in [-0.2, -0.15) is 0 Å². The number of carbonyl (C=O) groups is 3. The van der Waals surface area contributed by atoms with Crippen LogP contribution in [0.1, 0.15) is 34.1 Å². The number of carboxylic acid groups (broad SMARTS) is 1. The molecule has 2 rings (SSSR count). The van der Waals surface area contributed by atoms with Crippen LogP contribution in [0.2, 0.25) is 5.02 Å². The van der Waals surface area contributed by atoms with Gasteiger partial charge >= 0.3 is 11.9 Å². The minimum Gasteiger partial charge on any atom is -0.478 e. The predicted octanol–water partition coefficient (Wildman–Crippen LogP) is 3.01. The van der Waals surface area contributed by atoms with Crippen molar-refractivity contribution in [3.05, 3.63) is 58.9 Å². The predicted molar refractivity (Wildman–Crippen MR) is 90.8 cm³/mol. The lowest BCUT2D eigenvalue weighted by atomic mass is 10.2. The highest BCUT2D eigenvalue weighted by Crippen LogP contribution is 2.21. The fourth-order valence-electron chi connectivity index (χ4n) is 1.99. The molecule has 0 radical (unpaired) electrons. The second-order valence-electron chi connectivity index (χ2n) is 5.03. The van der Waals surface area contributed by atoms with E-state index < -0.39 is 23.9 Å². The molecule has 0 bridgehead atoms. The average molecular weight is 363 g/mol. The number of aromatic nitrogens is 1. The normalized spacial score (nSPS) is 11.4. The number of carbonyl (C=O) groups excluding carboxylic acids is 2. The Morgan fingerprint density at radius 3 is 2.68 bits per heavy atom. The lowest BCUT2D eigenvalue weighted by Crippen LogP contribution is -2.32. The zero-order valence-electron chi connectivity index (χ0n) is 13.2. The van der Waals surface area contributed by atoms with Crippen molar-refractivity contribution in [2.45, 2.75) is 19.4 Å². The molecule has 8 heteroatoms. The Morgan fingerprint density at radius 2 is 2.08 bits per heavy atom. The topological polar surface area (TPSA) is 106 Å². The highest BCUT2D eigenvalue weighted by molar-refractivity contribution is 6.33. The monoisotopic (exact) mass is 362 g/mol. The van der Waals surface area contributed by atoms with Gasteiger partial charge in [0.05, 0.1) is 16.1 Å². The summed E-state index contributed by atoms with van der Waals surface area (Å²) in [5, 5.41) is 11.6. The quantitative estimate of drug-likeness (QED) is 0.765. The standard InChI is InChI=1S/C17H15ClN2O5/c1-2-14(25-17(24)10-4-3-7-19-9-10)15(21)20-11-5-6-13(18)12(8-11)16(22)23/h3-9,14H,2H2,1H3,(H,20,21)(H,22,23). The first-order valence-corrected chi connectivity index (χ1v) is 7.75. The molecule has 0 aliphatic heterocycles. The molecule has 2 aromatic rings. The third-order valence-electron chi connectivity index (χ3n) is 3.27. The molecule has 1 unspecified atom stereocenters. The number of nitrogens with one attached hydrogen (secondary N) is 1. The van der Waals surface area contributed by atoms with E-state index in [1.165, 1.54) is 36.7 Å². The molecule has 1 aromatic carbocycles. The average Bonchev–Trinajstić information content (AvgIpc) is 2.61. The SMILES string of the molecule is CCC(OC(=O)c1cccnc1)C(=O)Nc1ccc(Cl)c(C(=O)O)c1. The first-order valence-electron chi connectivity index (χ1n) is 7.37. The van der Waals surface area contributed by atoms with E-state index in [0.717, 1.165) is 0 Å². The van der Waals surface area contributed by atoms with Crippen LogP contribution in [-0.4, -0.2) is 34.0 Å². The van der Waals surface area contributed by atoms with Crippen molar-refractivity contribution in [3.63, 3.8) is 0 Å². The van der Waals surface area contributed by atoms with Gasteiger partial charge in [-0.1, -0.05) is 18.5 Å². The lowest BCUT2D eigenvalue weighted by Gasteiger charge is -2.16. The Hall–Kier alpha value is -2.93. The second-order valence-corrected chi connectivity index (χ2v) is 5.44. The molecule has 2 N–H and O–H groups in total. The number of esters is 1. The minimum absolute atomic E-state index is 0.0561. The van der Waals surface area contributed by atoms with E-state index in [1.807, 2.05) is 0 Å². The van der Waals surface area contributed by atoms with Gasteiger partial charge in [0.25, 0.3) is 5.91 Å². The van der Waals surface area contributed by atoms with Crippen molar-refractivity contribution >= 4 is 35.1 Å². The highest BCUT2D eigenvalue weighted by atomic mass is 35.5. The first-order chi connectivity index (χ1) is 11.9. The van der Waals surface area contributed by atoms with Crippen LogP contribution >= 0.6 is 11.6 Å². The number of benzene rings is 1. The number of nitrogens with zero attached hydrogens (tertiary/aromatic N) is 1.